The number of nitro groups is 1. The minimum absolute atomic E-state index is 0.0453. The van der Waals surface area contributed by atoms with Crippen molar-refractivity contribution in [2.75, 3.05) is 0 Å². The van der Waals surface area contributed by atoms with Gasteiger partial charge in [0.05, 0.1) is 9.82 Å². The summed E-state index contributed by atoms with van der Waals surface area (Å²) in [4.78, 5) is 10.3. The Hall–Kier alpha value is -2.25. The van der Waals surface area contributed by atoms with E-state index in [2.05, 4.69) is 4.72 Å². The average molecular weight is 332 g/mol. The van der Waals surface area contributed by atoms with Crippen LogP contribution in [0.5, 0.6) is 0 Å². The van der Waals surface area contributed by atoms with E-state index in [1.54, 1.807) is 6.92 Å². The number of hydrogen-bond donors (Lipinski definition) is 1. The van der Waals surface area contributed by atoms with Crippen LogP contribution in [0.2, 0.25) is 0 Å². The maximum atomic E-state index is 12.7. The Kier molecular flexibility index (Phi) is 3.91. The van der Waals surface area contributed by atoms with Crippen molar-refractivity contribution in [3.63, 3.8) is 0 Å². The number of nitro benzene ring substituents is 1. The third-order valence-electron chi connectivity index (χ3n) is 4.10. The SMILES string of the molecule is Cc1ccc([N+](=O)[O-])cc1S(=O)(=O)N[C@H]1CCc2ccccc21. The normalized spacial score (nSPS) is 17.0. The van der Waals surface area contributed by atoms with Gasteiger partial charge >= 0.3 is 0 Å². The minimum atomic E-state index is -3.83. The first-order chi connectivity index (χ1) is 10.9. The molecule has 7 heteroatoms. The molecule has 0 heterocycles. The zero-order chi connectivity index (χ0) is 16.6. The predicted molar refractivity (Wildman–Crippen MR) is 85.7 cm³/mol. The highest BCUT2D eigenvalue weighted by Gasteiger charge is 2.28. The summed E-state index contributed by atoms with van der Waals surface area (Å²) in [5.74, 6) is 0. The van der Waals surface area contributed by atoms with E-state index < -0.39 is 14.9 Å². The lowest BCUT2D eigenvalue weighted by atomic mass is 10.1. The lowest BCUT2D eigenvalue weighted by Gasteiger charge is -2.15. The van der Waals surface area contributed by atoms with Crippen molar-refractivity contribution >= 4 is 15.7 Å². The van der Waals surface area contributed by atoms with Gasteiger partial charge in [-0.2, -0.15) is 0 Å². The number of aryl methyl sites for hydroxylation is 2. The van der Waals surface area contributed by atoms with E-state index >= 15 is 0 Å². The van der Waals surface area contributed by atoms with Gasteiger partial charge in [-0.1, -0.05) is 30.3 Å². The van der Waals surface area contributed by atoms with Gasteiger partial charge in [0.2, 0.25) is 10.0 Å². The van der Waals surface area contributed by atoms with Gasteiger partial charge in [0, 0.05) is 18.2 Å². The van der Waals surface area contributed by atoms with Crippen LogP contribution >= 0.6 is 0 Å². The molecule has 2 aromatic rings. The fourth-order valence-electron chi connectivity index (χ4n) is 2.92. The summed E-state index contributed by atoms with van der Waals surface area (Å²) in [5, 5.41) is 10.9. The second-order valence-corrected chi connectivity index (χ2v) is 7.30. The lowest BCUT2D eigenvalue weighted by Crippen LogP contribution is -2.28. The number of hydrogen-bond acceptors (Lipinski definition) is 4. The Morgan fingerprint density at radius 2 is 1.96 bits per heavy atom. The lowest BCUT2D eigenvalue weighted by molar-refractivity contribution is -0.385. The van der Waals surface area contributed by atoms with Crippen molar-refractivity contribution in [3.8, 4) is 0 Å². The quantitative estimate of drug-likeness (QED) is 0.688. The Labute approximate surface area is 134 Å². The van der Waals surface area contributed by atoms with Crippen LogP contribution in [0.4, 0.5) is 5.69 Å². The maximum absolute atomic E-state index is 12.7. The number of rotatable bonds is 4. The summed E-state index contributed by atoms with van der Waals surface area (Å²) in [6.45, 7) is 1.63. The first-order valence-electron chi connectivity index (χ1n) is 7.23. The van der Waals surface area contributed by atoms with Crippen LogP contribution in [-0.2, 0) is 16.4 Å². The maximum Gasteiger partial charge on any atom is 0.270 e. The molecule has 0 unspecified atom stereocenters. The molecule has 0 radical (unpaired) electrons. The molecule has 0 amide bonds. The zero-order valence-corrected chi connectivity index (χ0v) is 13.3. The van der Waals surface area contributed by atoms with Gasteiger partial charge in [0.15, 0.2) is 0 Å². The van der Waals surface area contributed by atoms with E-state index in [4.69, 9.17) is 0 Å². The molecule has 0 aromatic heterocycles. The van der Waals surface area contributed by atoms with Crippen LogP contribution in [0.3, 0.4) is 0 Å². The number of nitrogens with one attached hydrogen (secondary N) is 1. The van der Waals surface area contributed by atoms with Gasteiger partial charge in [0.25, 0.3) is 5.69 Å². The van der Waals surface area contributed by atoms with Crippen LogP contribution in [0.25, 0.3) is 0 Å². The van der Waals surface area contributed by atoms with E-state index in [-0.39, 0.29) is 16.6 Å². The van der Waals surface area contributed by atoms with Crippen molar-refractivity contribution in [1.29, 1.82) is 0 Å². The van der Waals surface area contributed by atoms with Crippen molar-refractivity contribution in [2.24, 2.45) is 0 Å². The highest BCUT2D eigenvalue weighted by Crippen LogP contribution is 2.32. The summed E-state index contributed by atoms with van der Waals surface area (Å²) >= 11 is 0. The van der Waals surface area contributed by atoms with Crippen molar-refractivity contribution < 1.29 is 13.3 Å². The fourth-order valence-corrected chi connectivity index (χ4v) is 4.44. The number of fused-ring (bicyclic) bond motifs is 1. The topological polar surface area (TPSA) is 89.3 Å². The second kappa shape index (κ2) is 5.75. The van der Waals surface area contributed by atoms with Gasteiger partial charge < -0.3 is 0 Å². The molecule has 0 saturated heterocycles. The molecular formula is C16H16N2O4S. The molecule has 2 aromatic carbocycles. The third-order valence-corrected chi connectivity index (χ3v) is 5.72. The molecule has 6 nitrogen and oxygen atoms in total. The van der Waals surface area contributed by atoms with Crippen molar-refractivity contribution in [1.82, 2.24) is 4.72 Å². The third kappa shape index (κ3) is 2.97. The molecule has 120 valence electrons. The molecule has 0 bridgehead atoms. The van der Waals surface area contributed by atoms with Crippen molar-refractivity contribution in [3.05, 3.63) is 69.3 Å². The van der Waals surface area contributed by atoms with Crippen molar-refractivity contribution in [2.45, 2.75) is 30.7 Å². The Morgan fingerprint density at radius 1 is 1.22 bits per heavy atom. The van der Waals surface area contributed by atoms with Crippen LogP contribution in [-0.4, -0.2) is 13.3 Å². The molecule has 0 spiro atoms. The van der Waals surface area contributed by atoms with Gasteiger partial charge in [-0.3, -0.25) is 10.1 Å². The highest BCUT2D eigenvalue weighted by molar-refractivity contribution is 7.89. The molecule has 23 heavy (non-hydrogen) atoms. The van der Waals surface area contributed by atoms with E-state index in [0.717, 1.165) is 23.6 Å². The van der Waals surface area contributed by atoms with Gasteiger partial charge in [0.1, 0.15) is 0 Å². The average Bonchev–Trinajstić information content (AvgIpc) is 2.90. The zero-order valence-electron chi connectivity index (χ0n) is 12.5. The monoisotopic (exact) mass is 332 g/mol. The number of sulfonamides is 1. The van der Waals surface area contributed by atoms with Crippen LogP contribution in [0, 0.1) is 17.0 Å². The fraction of sp³-hybridized carbons (Fsp3) is 0.250. The molecule has 1 atom stereocenters. The van der Waals surface area contributed by atoms with Crippen LogP contribution < -0.4 is 4.72 Å². The van der Waals surface area contributed by atoms with E-state index in [9.17, 15) is 18.5 Å². The minimum Gasteiger partial charge on any atom is -0.258 e. The summed E-state index contributed by atoms with van der Waals surface area (Å²) in [5.41, 5.74) is 2.35. The van der Waals surface area contributed by atoms with Gasteiger partial charge in [-0.15, -0.1) is 0 Å². The summed E-state index contributed by atoms with van der Waals surface area (Å²) in [7, 11) is -3.83. The molecule has 1 aliphatic carbocycles. The molecule has 0 aliphatic heterocycles. The molecule has 1 N–H and O–H groups in total. The number of nitrogens with zero attached hydrogens (tertiary/aromatic N) is 1. The second-order valence-electron chi connectivity index (χ2n) is 5.62. The molecule has 0 saturated carbocycles. The van der Waals surface area contributed by atoms with E-state index in [1.165, 1.54) is 12.1 Å². The van der Waals surface area contributed by atoms with E-state index in [0.29, 0.717) is 12.0 Å². The predicted octanol–water partition coefficient (Wildman–Crippen LogP) is 2.87. The first-order valence-corrected chi connectivity index (χ1v) is 8.72. The Balaban J connectivity index is 1.95. The van der Waals surface area contributed by atoms with E-state index in [1.807, 2.05) is 24.3 Å². The van der Waals surface area contributed by atoms with Crippen LogP contribution in [0.1, 0.15) is 29.2 Å². The molecule has 3 rings (SSSR count). The highest BCUT2D eigenvalue weighted by atomic mass is 32.2. The standard InChI is InChI=1S/C16H16N2O4S/c1-11-6-8-13(18(19)20)10-16(11)23(21,22)17-15-9-7-12-4-2-3-5-14(12)15/h2-6,8,10,15,17H,7,9H2,1H3/t15-/m0/s1. The van der Waals surface area contributed by atoms with Gasteiger partial charge in [-0.05, 0) is 36.5 Å². The summed E-state index contributed by atoms with van der Waals surface area (Å²) in [6, 6.07) is 11.3. The molecular weight excluding hydrogens is 316 g/mol. The number of non-ortho nitro benzene ring substituents is 1. The Morgan fingerprint density at radius 3 is 2.70 bits per heavy atom. The summed E-state index contributed by atoms with van der Waals surface area (Å²) in [6.07, 6.45) is 1.50. The van der Waals surface area contributed by atoms with Crippen LogP contribution in [0.15, 0.2) is 47.4 Å². The Bertz CT molecular complexity index is 877. The number of benzene rings is 2. The van der Waals surface area contributed by atoms with Gasteiger partial charge in [-0.25, -0.2) is 13.1 Å². The molecule has 1 aliphatic rings. The molecule has 0 fully saturated rings. The smallest absolute Gasteiger partial charge is 0.258 e. The largest absolute Gasteiger partial charge is 0.270 e. The first kappa shape index (κ1) is 15.6. The summed E-state index contributed by atoms with van der Waals surface area (Å²) < 4.78 is 28.0.